The normalized spacial score (nSPS) is 12.6. The van der Waals surface area contributed by atoms with Gasteiger partial charge in [-0.1, -0.05) is 15.9 Å². The zero-order chi connectivity index (χ0) is 15.0. The Morgan fingerprint density at radius 1 is 1.00 bits per heavy atom. The fourth-order valence-electron chi connectivity index (χ4n) is 1.95. The van der Waals surface area contributed by atoms with Crippen LogP contribution in [0.4, 0.5) is 18.9 Å². The van der Waals surface area contributed by atoms with Gasteiger partial charge in [0.2, 0.25) is 6.79 Å². The second kappa shape index (κ2) is 5.48. The van der Waals surface area contributed by atoms with Crippen molar-refractivity contribution in [2.75, 3.05) is 12.1 Å². The van der Waals surface area contributed by atoms with Crippen molar-refractivity contribution in [3.63, 3.8) is 0 Å². The van der Waals surface area contributed by atoms with Gasteiger partial charge >= 0.3 is 0 Å². The third-order valence-corrected chi connectivity index (χ3v) is 3.75. The first-order chi connectivity index (χ1) is 10.0. The maximum absolute atomic E-state index is 13.1. The first kappa shape index (κ1) is 14.1. The lowest BCUT2D eigenvalue weighted by atomic mass is 10.2. The predicted molar refractivity (Wildman–Crippen MR) is 73.9 cm³/mol. The van der Waals surface area contributed by atoms with Crippen molar-refractivity contribution in [1.29, 1.82) is 0 Å². The van der Waals surface area contributed by atoms with Gasteiger partial charge in [-0.25, -0.2) is 13.2 Å². The van der Waals surface area contributed by atoms with Crippen LogP contribution in [0.5, 0.6) is 11.5 Å². The van der Waals surface area contributed by atoms with Crippen LogP contribution in [-0.2, 0) is 6.54 Å². The Morgan fingerprint density at radius 2 is 1.62 bits per heavy atom. The van der Waals surface area contributed by atoms with Gasteiger partial charge in [-0.05, 0) is 17.7 Å². The molecule has 0 bridgehead atoms. The van der Waals surface area contributed by atoms with Crippen molar-refractivity contribution >= 4 is 21.6 Å². The molecule has 21 heavy (non-hydrogen) atoms. The highest BCUT2D eigenvalue weighted by atomic mass is 79.9. The summed E-state index contributed by atoms with van der Waals surface area (Å²) in [6, 6.07) is 5.32. The van der Waals surface area contributed by atoms with E-state index in [1.165, 1.54) is 0 Å². The van der Waals surface area contributed by atoms with E-state index < -0.39 is 17.5 Å². The van der Waals surface area contributed by atoms with Gasteiger partial charge in [-0.3, -0.25) is 0 Å². The molecule has 0 aromatic heterocycles. The molecule has 0 saturated heterocycles. The number of hydrogen-bond donors (Lipinski definition) is 1. The second-order valence-corrected chi connectivity index (χ2v) is 5.26. The van der Waals surface area contributed by atoms with Crippen LogP contribution in [-0.4, -0.2) is 6.79 Å². The van der Waals surface area contributed by atoms with Crippen LogP contribution >= 0.6 is 15.9 Å². The lowest BCUT2D eigenvalue weighted by Gasteiger charge is -2.10. The van der Waals surface area contributed by atoms with E-state index in [4.69, 9.17) is 9.47 Å². The molecule has 3 nitrogen and oxygen atoms in total. The quantitative estimate of drug-likeness (QED) is 0.832. The lowest BCUT2D eigenvalue weighted by molar-refractivity contribution is 0.174. The van der Waals surface area contributed by atoms with Crippen LogP contribution < -0.4 is 14.8 Å². The van der Waals surface area contributed by atoms with Crippen LogP contribution in [0.15, 0.2) is 28.7 Å². The topological polar surface area (TPSA) is 30.5 Å². The predicted octanol–water partition coefficient (Wildman–Crippen LogP) is 4.21. The van der Waals surface area contributed by atoms with Crippen molar-refractivity contribution in [2.24, 2.45) is 0 Å². The molecule has 2 aromatic carbocycles. The van der Waals surface area contributed by atoms with Crippen LogP contribution in [0.3, 0.4) is 0 Å². The van der Waals surface area contributed by atoms with Gasteiger partial charge < -0.3 is 14.8 Å². The molecule has 0 spiro atoms. The summed E-state index contributed by atoms with van der Waals surface area (Å²) in [7, 11) is 0. The molecule has 3 rings (SSSR count). The van der Waals surface area contributed by atoms with Crippen LogP contribution in [0.2, 0.25) is 0 Å². The van der Waals surface area contributed by atoms with Gasteiger partial charge in [0.25, 0.3) is 0 Å². The van der Waals surface area contributed by atoms with Crippen molar-refractivity contribution in [1.82, 2.24) is 0 Å². The fourth-order valence-corrected chi connectivity index (χ4v) is 2.41. The summed E-state index contributed by atoms with van der Waals surface area (Å²) in [5.74, 6) is -2.72. The van der Waals surface area contributed by atoms with E-state index in [0.29, 0.717) is 11.5 Å². The molecule has 0 aliphatic carbocycles. The number of hydrogen-bond acceptors (Lipinski definition) is 3. The van der Waals surface area contributed by atoms with Gasteiger partial charge in [0, 0.05) is 28.8 Å². The fraction of sp³-hybridized carbons (Fsp3) is 0.143. The van der Waals surface area contributed by atoms with Crippen molar-refractivity contribution < 1.29 is 22.6 Å². The largest absolute Gasteiger partial charge is 0.454 e. The van der Waals surface area contributed by atoms with E-state index >= 15 is 0 Å². The number of rotatable bonds is 3. The van der Waals surface area contributed by atoms with Crippen LogP contribution in [0.25, 0.3) is 0 Å². The van der Waals surface area contributed by atoms with Gasteiger partial charge in [0.1, 0.15) is 0 Å². The molecule has 0 unspecified atom stereocenters. The molecule has 7 heteroatoms. The van der Waals surface area contributed by atoms with Gasteiger partial charge in [0.15, 0.2) is 29.0 Å². The van der Waals surface area contributed by atoms with Crippen LogP contribution in [0, 0.1) is 17.5 Å². The molecule has 0 radical (unpaired) electrons. The van der Waals surface area contributed by atoms with Crippen molar-refractivity contribution in [3.05, 3.63) is 51.8 Å². The monoisotopic (exact) mass is 359 g/mol. The summed E-state index contributed by atoms with van der Waals surface area (Å²) in [5.41, 5.74) is 0.959. The smallest absolute Gasteiger partial charge is 0.231 e. The second-order valence-electron chi connectivity index (χ2n) is 4.40. The molecule has 0 atom stereocenters. The molecule has 0 fully saturated rings. The van der Waals surface area contributed by atoms with Crippen molar-refractivity contribution in [3.8, 4) is 11.5 Å². The van der Waals surface area contributed by atoms with Gasteiger partial charge in [0.05, 0.1) is 0 Å². The zero-order valence-corrected chi connectivity index (χ0v) is 12.1. The van der Waals surface area contributed by atoms with E-state index in [2.05, 4.69) is 21.2 Å². The van der Waals surface area contributed by atoms with E-state index in [9.17, 15) is 13.2 Å². The lowest BCUT2D eigenvalue weighted by Crippen LogP contribution is -2.02. The molecular formula is C14H9BrF3NO2. The van der Waals surface area contributed by atoms with E-state index in [1.54, 1.807) is 12.1 Å². The summed E-state index contributed by atoms with van der Waals surface area (Å²) in [6.45, 7) is 0.439. The Bertz CT molecular complexity index is 686. The average Bonchev–Trinajstić information content (AvgIpc) is 2.89. The minimum Gasteiger partial charge on any atom is -0.454 e. The molecule has 1 aliphatic heterocycles. The summed E-state index contributed by atoms with van der Waals surface area (Å²) < 4.78 is 50.4. The highest BCUT2D eigenvalue weighted by Gasteiger charge is 2.16. The minimum atomic E-state index is -1.48. The van der Waals surface area contributed by atoms with E-state index in [1.807, 2.05) is 0 Å². The highest BCUT2D eigenvalue weighted by Crippen LogP contribution is 2.37. The third-order valence-electron chi connectivity index (χ3n) is 3.01. The highest BCUT2D eigenvalue weighted by molar-refractivity contribution is 9.10. The Morgan fingerprint density at radius 3 is 2.29 bits per heavy atom. The molecule has 1 N–H and O–H groups in total. The SMILES string of the molecule is Fc1cc(NCc2cc3c(cc2Br)OCO3)cc(F)c1F. The Hall–Kier alpha value is -1.89. The van der Waals surface area contributed by atoms with E-state index in [-0.39, 0.29) is 19.0 Å². The summed E-state index contributed by atoms with van der Waals surface area (Å²) in [4.78, 5) is 0. The first-order valence-corrected chi connectivity index (χ1v) is 6.80. The Labute approximate surface area is 126 Å². The number of nitrogens with one attached hydrogen (secondary N) is 1. The molecule has 2 aromatic rings. The van der Waals surface area contributed by atoms with Crippen LogP contribution in [0.1, 0.15) is 5.56 Å². The Kier molecular flexibility index (Phi) is 3.67. The first-order valence-electron chi connectivity index (χ1n) is 6.01. The molecular weight excluding hydrogens is 351 g/mol. The minimum absolute atomic E-state index is 0.149. The zero-order valence-electron chi connectivity index (χ0n) is 10.6. The van der Waals surface area contributed by atoms with Gasteiger partial charge in [-0.2, -0.15) is 0 Å². The number of benzene rings is 2. The number of anilines is 1. The maximum atomic E-state index is 13.1. The summed E-state index contributed by atoms with van der Waals surface area (Å²) in [6.07, 6.45) is 0. The molecule has 1 heterocycles. The standard InChI is InChI=1S/C14H9BrF3NO2/c15-9-4-13-12(20-6-21-13)1-7(9)5-19-8-2-10(16)14(18)11(17)3-8/h1-4,19H,5-6H2. The Balaban J connectivity index is 1.79. The van der Waals surface area contributed by atoms with Gasteiger partial charge in [-0.15, -0.1) is 0 Å². The summed E-state index contributed by atoms with van der Waals surface area (Å²) in [5, 5.41) is 2.83. The molecule has 0 amide bonds. The third kappa shape index (κ3) is 2.78. The average molecular weight is 360 g/mol. The molecule has 110 valence electrons. The summed E-state index contributed by atoms with van der Waals surface area (Å²) >= 11 is 3.38. The molecule has 0 saturated carbocycles. The maximum Gasteiger partial charge on any atom is 0.231 e. The number of halogens is 4. The number of ether oxygens (including phenoxy) is 2. The van der Waals surface area contributed by atoms with E-state index in [0.717, 1.165) is 22.2 Å². The van der Waals surface area contributed by atoms with Crippen molar-refractivity contribution in [2.45, 2.75) is 6.54 Å². The number of fused-ring (bicyclic) bond motifs is 1. The molecule has 1 aliphatic rings.